The topological polar surface area (TPSA) is 156 Å². The number of hydrogen-bond acceptors (Lipinski definition) is 10. The fourth-order valence-electron chi connectivity index (χ4n) is 4.42. The molecule has 0 radical (unpaired) electrons. The molecule has 4 N–H and O–H groups in total. The minimum absolute atomic E-state index is 0.0149. The molecule has 16 heteroatoms. The summed E-state index contributed by atoms with van der Waals surface area (Å²) in [6.45, 7) is 5.37. The van der Waals surface area contributed by atoms with Crippen molar-refractivity contribution in [3.05, 3.63) is 64.7 Å². The number of halogens is 4. The normalized spacial score (nSPS) is 14.3. The van der Waals surface area contributed by atoms with Crippen molar-refractivity contribution in [2.24, 2.45) is 0 Å². The van der Waals surface area contributed by atoms with Gasteiger partial charge in [0, 0.05) is 29.2 Å². The molecular weight excluding hydrogens is 655 g/mol. The first-order valence-electron chi connectivity index (χ1n) is 15.2. The average Bonchev–Trinajstić information content (AvgIpc) is 3.78. The number of nitrogens with one attached hydrogen (secondary N) is 4. The summed E-state index contributed by atoms with van der Waals surface area (Å²) < 4.78 is 48.7. The zero-order chi connectivity index (χ0) is 35.1. The van der Waals surface area contributed by atoms with Crippen LogP contribution in [0.25, 0.3) is 0 Å². The first-order chi connectivity index (χ1) is 22.5. The highest BCUT2D eigenvalue weighted by atomic mass is 35.5. The Hall–Kier alpha value is -4.66. The van der Waals surface area contributed by atoms with Gasteiger partial charge in [0.2, 0.25) is 17.8 Å². The van der Waals surface area contributed by atoms with E-state index in [1.807, 2.05) is 12.1 Å². The minimum Gasteiger partial charge on any atom is -0.458 e. The minimum atomic E-state index is -4.60. The number of amides is 2. The molecule has 1 heterocycles. The van der Waals surface area contributed by atoms with Crippen molar-refractivity contribution in [3.63, 3.8) is 0 Å². The molecule has 48 heavy (non-hydrogen) atoms. The van der Waals surface area contributed by atoms with E-state index in [0.717, 1.165) is 18.4 Å². The second kappa shape index (κ2) is 15.0. The number of nitrogens with zero attached hydrogens (tertiary/aromatic N) is 3. The van der Waals surface area contributed by atoms with Crippen molar-refractivity contribution in [1.82, 2.24) is 25.6 Å². The average molecular weight is 692 g/mol. The van der Waals surface area contributed by atoms with E-state index in [-0.39, 0.29) is 36.7 Å². The van der Waals surface area contributed by atoms with E-state index >= 15 is 0 Å². The Bertz CT molecular complexity index is 1600. The Morgan fingerprint density at radius 2 is 1.60 bits per heavy atom. The highest BCUT2D eigenvalue weighted by Gasteiger charge is 2.45. The van der Waals surface area contributed by atoms with Gasteiger partial charge >= 0.3 is 18.2 Å². The van der Waals surface area contributed by atoms with Crippen LogP contribution in [0.1, 0.15) is 69.3 Å². The molecule has 0 saturated heterocycles. The molecule has 2 aromatic carbocycles. The largest absolute Gasteiger partial charge is 0.458 e. The maximum atomic E-state index is 12.9. The Morgan fingerprint density at radius 3 is 2.21 bits per heavy atom. The van der Waals surface area contributed by atoms with Gasteiger partial charge in [0.05, 0.1) is 5.54 Å². The summed E-state index contributed by atoms with van der Waals surface area (Å²) in [5.41, 5.74) is 0.514. The number of ether oxygens (including phenoxy) is 2. The molecular formula is C32H37ClF3N7O5. The highest BCUT2D eigenvalue weighted by Crippen LogP contribution is 2.48. The molecule has 1 aromatic heterocycles. The van der Waals surface area contributed by atoms with E-state index in [1.54, 1.807) is 45.0 Å². The van der Waals surface area contributed by atoms with E-state index in [1.165, 1.54) is 19.1 Å². The van der Waals surface area contributed by atoms with Crippen LogP contribution in [0.3, 0.4) is 0 Å². The van der Waals surface area contributed by atoms with Crippen molar-refractivity contribution in [2.75, 3.05) is 23.8 Å². The molecule has 1 aliphatic rings. The Labute approximate surface area is 280 Å². The summed E-state index contributed by atoms with van der Waals surface area (Å²) in [7, 11) is 0. The molecule has 4 rings (SSSR count). The summed E-state index contributed by atoms with van der Waals surface area (Å²) in [6, 6.07) is 12.1. The maximum absolute atomic E-state index is 12.9. The molecule has 0 spiro atoms. The summed E-state index contributed by atoms with van der Waals surface area (Å²) in [4.78, 5) is 49.2. The smallest absolute Gasteiger partial charge is 0.422 e. The van der Waals surface area contributed by atoms with Crippen LogP contribution >= 0.6 is 11.6 Å². The van der Waals surface area contributed by atoms with Gasteiger partial charge in [-0.3, -0.25) is 9.59 Å². The lowest BCUT2D eigenvalue weighted by atomic mass is 10.1. The van der Waals surface area contributed by atoms with Gasteiger partial charge in [-0.05, 0) is 88.9 Å². The summed E-state index contributed by atoms with van der Waals surface area (Å²) in [5, 5.41) is 12.0. The molecule has 0 aliphatic heterocycles. The van der Waals surface area contributed by atoms with Crippen LogP contribution in [-0.2, 0) is 19.9 Å². The number of carbonyl (C=O) groups excluding carboxylic acids is 3. The van der Waals surface area contributed by atoms with Crippen LogP contribution in [0.15, 0.2) is 48.5 Å². The zero-order valence-corrected chi connectivity index (χ0v) is 27.6. The van der Waals surface area contributed by atoms with Crippen molar-refractivity contribution in [3.8, 4) is 6.01 Å². The zero-order valence-electron chi connectivity index (χ0n) is 26.8. The number of esters is 1. The maximum Gasteiger partial charge on any atom is 0.422 e. The first-order valence-corrected chi connectivity index (χ1v) is 15.6. The number of aromatic nitrogens is 3. The molecule has 12 nitrogen and oxygen atoms in total. The van der Waals surface area contributed by atoms with E-state index in [9.17, 15) is 27.6 Å². The van der Waals surface area contributed by atoms with Gasteiger partial charge in [0.15, 0.2) is 6.61 Å². The number of alkyl halides is 3. The third kappa shape index (κ3) is 11.2. The van der Waals surface area contributed by atoms with Gasteiger partial charge in [-0.2, -0.15) is 28.1 Å². The Balaban J connectivity index is 1.33. The van der Waals surface area contributed by atoms with E-state index < -0.39 is 41.9 Å². The predicted molar refractivity (Wildman–Crippen MR) is 172 cm³/mol. The van der Waals surface area contributed by atoms with Gasteiger partial charge in [0.1, 0.15) is 11.6 Å². The van der Waals surface area contributed by atoms with Crippen LogP contribution in [0, 0.1) is 0 Å². The molecule has 0 bridgehead atoms. The van der Waals surface area contributed by atoms with Gasteiger partial charge in [-0.25, -0.2) is 4.79 Å². The quantitative estimate of drug-likeness (QED) is 0.123. The molecule has 1 unspecified atom stereocenters. The number of rotatable bonds is 14. The van der Waals surface area contributed by atoms with Crippen LogP contribution in [0.2, 0.25) is 5.02 Å². The molecule has 258 valence electrons. The second-order valence-electron chi connectivity index (χ2n) is 12.3. The SMILES string of the molecule is CC(NC(=O)CCCNC(=O)c1ccc(Nc2nc(NC3(c4ccc(Cl)cc4)CC3)nc(OCC(F)(F)F)n2)cc1)C(=O)OC(C)(C)C. The van der Waals surface area contributed by atoms with Crippen LogP contribution in [-0.4, -0.2) is 63.7 Å². The number of benzene rings is 2. The lowest BCUT2D eigenvalue weighted by Gasteiger charge is -2.22. The van der Waals surface area contributed by atoms with Gasteiger partial charge in [-0.15, -0.1) is 0 Å². The summed E-state index contributed by atoms with van der Waals surface area (Å²) in [5.74, 6) is -1.32. The fraction of sp³-hybridized carbons (Fsp3) is 0.438. The Morgan fingerprint density at radius 1 is 0.958 bits per heavy atom. The lowest BCUT2D eigenvalue weighted by Crippen LogP contribution is -2.42. The van der Waals surface area contributed by atoms with E-state index in [2.05, 4.69) is 36.2 Å². The third-order valence-electron chi connectivity index (χ3n) is 6.88. The number of anilines is 3. The predicted octanol–water partition coefficient (Wildman–Crippen LogP) is 5.67. The van der Waals surface area contributed by atoms with Crippen LogP contribution in [0.5, 0.6) is 6.01 Å². The molecule has 3 aromatic rings. The number of carbonyl (C=O) groups is 3. The van der Waals surface area contributed by atoms with E-state index in [0.29, 0.717) is 22.7 Å². The monoisotopic (exact) mass is 691 g/mol. The summed E-state index contributed by atoms with van der Waals surface area (Å²) >= 11 is 6.02. The van der Waals surface area contributed by atoms with E-state index in [4.69, 9.17) is 21.1 Å². The molecule has 1 aliphatic carbocycles. The highest BCUT2D eigenvalue weighted by molar-refractivity contribution is 6.30. The van der Waals surface area contributed by atoms with Gasteiger partial charge < -0.3 is 30.7 Å². The second-order valence-corrected chi connectivity index (χ2v) is 12.7. The lowest BCUT2D eigenvalue weighted by molar-refractivity contribution is -0.158. The molecule has 1 saturated carbocycles. The van der Waals surface area contributed by atoms with Crippen molar-refractivity contribution >= 4 is 47.0 Å². The Kier molecular flexibility index (Phi) is 11.3. The molecule has 1 atom stereocenters. The van der Waals surface area contributed by atoms with Crippen molar-refractivity contribution in [1.29, 1.82) is 0 Å². The van der Waals surface area contributed by atoms with Gasteiger partial charge in [-0.1, -0.05) is 23.7 Å². The molecule has 1 fully saturated rings. The summed E-state index contributed by atoms with van der Waals surface area (Å²) in [6.07, 6.45) is -2.68. The standard InChI is InChI=1S/C32H37ClF3N7O5/c1-19(26(46)48-30(2,3)4)38-24(44)6-5-17-37-25(45)20-7-13-23(14-8-20)39-27-40-28(42-29(41-27)47-18-32(34,35)36)43-31(15-16-31)21-9-11-22(33)12-10-21/h7-14,19H,5-6,15-18H2,1-4H3,(H,37,45)(H,38,44)(H2,39,40,41,42,43). The molecule has 2 amide bonds. The fourth-order valence-corrected chi connectivity index (χ4v) is 4.55. The number of hydrogen-bond donors (Lipinski definition) is 4. The van der Waals surface area contributed by atoms with Gasteiger partial charge in [0.25, 0.3) is 5.91 Å². The third-order valence-corrected chi connectivity index (χ3v) is 7.14. The van der Waals surface area contributed by atoms with Crippen molar-refractivity contribution in [2.45, 2.75) is 76.7 Å². The first kappa shape index (κ1) is 36.2. The van der Waals surface area contributed by atoms with Crippen LogP contribution in [0.4, 0.5) is 30.8 Å². The van der Waals surface area contributed by atoms with Crippen LogP contribution < -0.4 is 26.0 Å². The van der Waals surface area contributed by atoms with Crippen molar-refractivity contribution < 1.29 is 37.0 Å².